The van der Waals surface area contributed by atoms with E-state index in [9.17, 15) is 4.79 Å². The molecule has 9 heavy (non-hydrogen) atoms. The molecule has 5 heteroatoms. The number of carboxylic acid groups (broad SMARTS) is 1. The maximum absolute atomic E-state index is 10.0. The van der Waals surface area contributed by atoms with E-state index in [1.54, 1.807) is 5.38 Å². The Morgan fingerprint density at radius 2 is 2.44 bits per heavy atom. The number of thiazole rings is 1. The Balaban J connectivity index is 0.000000640. The van der Waals surface area contributed by atoms with E-state index >= 15 is 0 Å². The van der Waals surface area contributed by atoms with Crippen LogP contribution in [-0.4, -0.2) is 45.6 Å². The molecular weight excluding hydrogens is 149 g/mol. The van der Waals surface area contributed by atoms with Gasteiger partial charge in [-0.25, -0.2) is 9.78 Å². The Labute approximate surface area is 78.0 Å². The van der Waals surface area contributed by atoms with E-state index in [-0.39, 0.29) is 34.6 Å². The predicted octanol–water partition coefficient (Wildman–Crippen LogP) is 0.193. The molecule has 0 atom stereocenters. The van der Waals surface area contributed by atoms with Crippen LogP contribution in [-0.2, 0) is 0 Å². The van der Waals surface area contributed by atoms with Crippen LogP contribution in [0, 0.1) is 0 Å². The Morgan fingerprint density at radius 1 is 1.78 bits per heavy atom. The van der Waals surface area contributed by atoms with Crippen LogP contribution >= 0.6 is 11.3 Å². The molecule has 0 saturated heterocycles. The molecule has 0 aliphatic rings. The van der Waals surface area contributed by atoms with Gasteiger partial charge in [0, 0.05) is 11.6 Å². The molecule has 0 spiro atoms. The van der Waals surface area contributed by atoms with E-state index < -0.39 is 5.97 Å². The summed E-state index contributed by atoms with van der Waals surface area (Å²) in [5, 5.41) is 9.99. The topological polar surface area (TPSA) is 50.2 Å². The van der Waals surface area contributed by atoms with E-state index in [0.29, 0.717) is 0 Å². The fourth-order valence-corrected chi connectivity index (χ4v) is 0.802. The standard InChI is InChI=1S/C4H3NO2S.Na.H/c6-4(7)3-5-1-2-8-3;;/h1-2H,(H,6,7);;. The van der Waals surface area contributed by atoms with Gasteiger partial charge in [0.2, 0.25) is 5.01 Å². The molecule has 0 aromatic carbocycles. The molecule has 1 aromatic heterocycles. The van der Waals surface area contributed by atoms with Gasteiger partial charge in [0.1, 0.15) is 0 Å². The summed E-state index contributed by atoms with van der Waals surface area (Å²) in [6, 6.07) is 0. The van der Waals surface area contributed by atoms with Crippen molar-refractivity contribution in [1.82, 2.24) is 4.98 Å². The monoisotopic (exact) mass is 153 g/mol. The van der Waals surface area contributed by atoms with Crippen molar-refractivity contribution in [2.45, 2.75) is 0 Å². The second kappa shape index (κ2) is 4.00. The van der Waals surface area contributed by atoms with Gasteiger partial charge < -0.3 is 5.11 Å². The second-order valence-corrected chi connectivity index (χ2v) is 2.04. The summed E-state index contributed by atoms with van der Waals surface area (Å²) in [7, 11) is 0. The summed E-state index contributed by atoms with van der Waals surface area (Å²) >= 11 is 1.12. The van der Waals surface area contributed by atoms with Gasteiger partial charge in [0.05, 0.1) is 0 Å². The summed E-state index contributed by atoms with van der Waals surface area (Å²) in [6.45, 7) is 0. The first-order valence-electron chi connectivity index (χ1n) is 1.93. The first kappa shape index (κ1) is 9.10. The molecule has 1 N–H and O–H groups in total. The van der Waals surface area contributed by atoms with Crippen LogP contribution < -0.4 is 0 Å². The van der Waals surface area contributed by atoms with Crippen LogP contribution in [0.4, 0.5) is 0 Å². The minimum absolute atomic E-state index is 0. The summed E-state index contributed by atoms with van der Waals surface area (Å²) in [4.78, 5) is 13.5. The molecule has 0 aliphatic carbocycles. The van der Waals surface area contributed by atoms with Crippen LogP contribution in [0.3, 0.4) is 0 Å². The third-order valence-electron chi connectivity index (χ3n) is 0.615. The zero-order valence-corrected chi connectivity index (χ0v) is 4.68. The van der Waals surface area contributed by atoms with Crippen molar-refractivity contribution >= 4 is 46.9 Å². The van der Waals surface area contributed by atoms with E-state index in [0.717, 1.165) is 11.3 Å². The van der Waals surface area contributed by atoms with Crippen LogP contribution in [0.5, 0.6) is 0 Å². The Bertz CT molecular complexity index is 186. The van der Waals surface area contributed by atoms with Crippen LogP contribution in [0.2, 0.25) is 0 Å². The first-order chi connectivity index (χ1) is 3.80. The minimum atomic E-state index is -0.958. The van der Waals surface area contributed by atoms with E-state index in [1.165, 1.54) is 6.20 Å². The third-order valence-corrected chi connectivity index (χ3v) is 1.38. The summed E-state index contributed by atoms with van der Waals surface area (Å²) < 4.78 is 0. The zero-order valence-electron chi connectivity index (χ0n) is 3.87. The van der Waals surface area contributed by atoms with Crippen LogP contribution in [0.15, 0.2) is 11.6 Å². The zero-order chi connectivity index (χ0) is 5.98. The Kier molecular flexibility index (Phi) is 4.05. The van der Waals surface area contributed by atoms with Crippen molar-refractivity contribution < 1.29 is 9.90 Å². The molecule has 1 heterocycles. The van der Waals surface area contributed by atoms with Crippen molar-refractivity contribution in [3.8, 4) is 0 Å². The average molecular weight is 153 g/mol. The molecule has 0 aliphatic heterocycles. The van der Waals surface area contributed by atoms with Crippen molar-refractivity contribution in [3.05, 3.63) is 16.6 Å². The fraction of sp³-hybridized carbons (Fsp3) is 0. The van der Waals surface area contributed by atoms with Gasteiger partial charge in [-0.2, -0.15) is 0 Å². The van der Waals surface area contributed by atoms with E-state index in [1.807, 2.05) is 0 Å². The quantitative estimate of drug-likeness (QED) is 0.586. The number of hydrogen-bond donors (Lipinski definition) is 1. The number of rotatable bonds is 1. The summed E-state index contributed by atoms with van der Waals surface area (Å²) in [5.41, 5.74) is 0. The number of carboxylic acids is 1. The van der Waals surface area contributed by atoms with Gasteiger partial charge in [0.25, 0.3) is 0 Å². The average Bonchev–Trinajstić information content (AvgIpc) is 2.12. The molecule has 44 valence electrons. The van der Waals surface area contributed by atoms with Crippen molar-refractivity contribution in [1.29, 1.82) is 0 Å². The van der Waals surface area contributed by atoms with Crippen LogP contribution in [0.1, 0.15) is 9.80 Å². The molecule has 0 amide bonds. The van der Waals surface area contributed by atoms with Crippen molar-refractivity contribution in [2.75, 3.05) is 0 Å². The third kappa shape index (κ3) is 2.45. The number of aromatic carboxylic acids is 1. The number of carbonyl (C=O) groups is 1. The molecule has 0 saturated carbocycles. The molecule has 0 bridgehead atoms. The van der Waals surface area contributed by atoms with Crippen molar-refractivity contribution in [3.63, 3.8) is 0 Å². The van der Waals surface area contributed by atoms with Gasteiger partial charge in [-0.05, 0) is 0 Å². The molecule has 3 nitrogen and oxygen atoms in total. The van der Waals surface area contributed by atoms with Crippen molar-refractivity contribution in [2.24, 2.45) is 0 Å². The molecule has 1 rings (SSSR count). The summed E-state index contributed by atoms with van der Waals surface area (Å²) in [5.74, 6) is -0.958. The molecule has 0 unspecified atom stereocenters. The van der Waals surface area contributed by atoms with Gasteiger partial charge >= 0.3 is 35.5 Å². The molecule has 1 aromatic rings. The molecular formula is C4H4NNaO2S. The predicted molar refractivity (Wildman–Crippen MR) is 36.2 cm³/mol. The fourth-order valence-electron chi connectivity index (χ4n) is 0.329. The normalized spacial score (nSPS) is 8.00. The number of aromatic nitrogens is 1. The van der Waals surface area contributed by atoms with E-state index in [4.69, 9.17) is 5.11 Å². The van der Waals surface area contributed by atoms with E-state index in [2.05, 4.69) is 4.98 Å². The Morgan fingerprint density at radius 3 is 2.67 bits per heavy atom. The maximum atomic E-state index is 10.0. The number of nitrogens with zero attached hydrogens (tertiary/aromatic N) is 1. The Hall–Kier alpha value is 0.1000. The van der Waals surface area contributed by atoms with Gasteiger partial charge in [-0.1, -0.05) is 0 Å². The van der Waals surface area contributed by atoms with Gasteiger partial charge in [-0.3, -0.25) is 0 Å². The van der Waals surface area contributed by atoms with Gasteiger partial charge in [-0.15, -0.1) is 11.3 Å². The van der Waals surface area contributed by atoms with Crippen LogP contribution in [0.25, 0.3) is 0 Å². The summed E-state index contributed by atoms with van der Waals surface area (Å²) in [6.07, 6.45) is 1.47. The SMILES string of the molecule is O=C(O)c1nccs1.[NaH]. The molecule has 0 fully saturated rings. The first-order valence-corrected chi connectivity index (χ1v) is 2.81. The van der Waals surface area contributed by atoms with Gasteiger partial charge in [0.15, 0.2) is 0 Å². The molecule has 0 radical (unpaired) electrons. The second-order valence-electron chi connectivity index (χ2n) is 1.14. The number of hydrogen-bond acceptors (Lipinski definition) is 3.